The van der Waals surface area contributed by atoms with Crippen LogP contribution in [0.5, 0.6) is 0 Å². The lowest BCUT2D eigenvalue weighted by Crippen LogP contribution is -2.29. The van der Waals surface area contributed by atoms with Crippen LogP contribution in [0.3, 0.4) is 0 Å². The molecule has 1 saturated heterocycles. The maximum absolute atomic E-state index is 12.4. The van der Waals surface area contributed by atoms with E-state index < -0.39 is 0 Å². The summed E-state index contributed by atoms with van der Waals surface area (Å²) in [6.45, 7) is 5.12. The lowest BCUT2D eigenvalue weighted by atomic mass is 10.1. The predicted octanol–water partition coefficient (Wildman–Crippen LogP) is 1.62. The number of ether oxygens (including phenoxy) is 1. The van der Waals surface area contributed by atoms with Gasteiger partial charge in [-0.1, -0.05) is 0 Å². The molecule has 1 unspecified atom stereocenters. The smallest absolute Gasteiger partial charge is 0.254 e. The molecule has 0 aliphatic carbocycles. The molecule has 1 aliphatic heterocycles. The molecular formula is C14H21N3O2. The van der Waals surface area contributed by atoms with Crippen molar-refractivity contribution in [2.75, 3.05) is 38.7 Å². The van der Waals surface area contributed by atoms with Gasteiger partial charge < -0.3 is 15.0 Å². The van der Waals surface area contributed by atoms with Gasteiger partial charge in [0.05, 0.1) is 6.61 Å². The van der Waals surface area contributed by atoms with Crippen molar-refractivity contribution < 1.29 is 9.53 Å². The largest absolute Gasteiger partial charge is 0.384 e. The average Bonchev–Trinajstić information content (AvgIpc) is 2.88. The fourth-order valence-corrected chi connectivity index (χ4v) is 2.41. The first-order valence-corrected chi connectivity index (χ1v) is 6.72. The molecule has 1 N–H and O–H groups in total. The van der Waals surface area contributed by atoms with Crippen LogP contribution in [0, 0.1) is 5.92 Å². The number of carbonyl (C=O) groups excluding carboxylic acids is 1. The van der Waals surface area contributed by atoms with Crippen molar-refractivity contribution >= 4 is 11.7 Å². The summed E-state index contributed by atoms with van der Waals surface area (Å²) in [5.74, 6) is 1.30. The van der Waals surface area contributed by atoms with Crippen LogP contribution >= 0.6 is 0 Å². The molecule has 1 atom stereocenters. The van der Waals surface area contributed by atoms with Gasteiger partial charge >= 0.3 is 0 Å². The topological polar surface area (TPSA) is 54.5 Å². The molecule has 0 saturated carbocycles. The van der Waals surface area contributed by atoms with E-state index in [2.05, 4.69) is 10.3 Å². The Morgan fingerprint density at radius 1 is 1.63 bits per heavy atom. The normalized spacial score (nSPS) is 18.6. The highest BCUT2D eigenvalue weighted by Gasteiger charge is 2.26. The van der Waals surface area contributed by atoms with Gasteiger partial charge in [-0.3, -0.25) is 4.79 Å². The molecule has 1 fully saturated rings. The van der Waals surface area contributed by atoms with E-state index in [0.717, 1.165) is 38.5 Å². The molecule has 0 aromatic carbocycles. The maximum atomic E-state index is 12.4. The third-order valence-corrected chi connectivity index (χ3v) is 3.34. The minimum absolute atomic E-state index is 0.0835. The Bertz CT molecular complexity index is 436. The third-order valence-electron chi connectivity index (χ3n) is 3.34. The molecule has 2 rings (SSSR count). The Kier molecular flexibility index (Phi) is 4.74. The highest BCUT2D eigenvalue weighted by Crippen LogP contribution is 2.19. The van der Waals surface area contributed by atoms with Crippen LogP contribution in [-0.4, -0.2) is 49.1 Å². The van der Waals surface area contributed by atoms with Crippen LogP contribution in [0.15, 0.2) is 18.3 Å². The Morgan fingerprint density at radius 2 is 2.47 bits per heavy atom. The molecule has 19 heavy (non-hydrogen) atoms. The van der Waals surface area contributed by atoms with Crippen LogP contribution in [0.25, 0.3) is 0 Å². The van der Waals surface area contributed by atoms with Crippen LogP contribution in [0.2, 0.25) is 0 Å². The van der Waals surface area contributed by atoms with Crippen molar-refractivity contribution in [2.24, 2.45) is 5.92 Å². The number of likely N-dealkylation sites (tertiary alicyclic amines) is 1. The average molecular weight is 263 g/mol. The Balaban J connectivity index is 2.01. The number of aromatic nitrogens is 1. The number of pyridine rings is 1. The van der Waals surface area contributed by atoms with Gasteiger partial charge in [0.25, 0.3) is 5.91 Å². The lowest BCUT2D eigenvalue weighted by Gasteiger charge is -2.16. The second-order valence-corrected chi connectivity index (χ2v) is 4.82. The van der Waals surface area contributed by atoms with Gasteiger partial charge in [-0.2, -0.15) is 0 Å². The molecule has 2 heterocycles. The van der Waals surface area contributed by atoms with E-state index in [1.165, 1.54) is 0 Å². The van der Waals surface area contributed by atoms with Crippen molar-refractivity contribution in [1.82, 2.24) is 9.88 Å². The van der Waals surface area contributed by atoms with Crippen molar-refractivity contribution in [3.05, 3.63) is 23.9 Å². The Hall–Kier alpha value is -1.62. The zero-order valence-electron chi connectivity index (χ0n) is 11.6. The van der Waals surface area contributed by atoms with Gasteiger partial charge in [-0.05, 0) is 25.5 Å². The molecular weight excluding hydrogens is 242 g/mol. The summed E-state index contributed by atoms with van der Waals surface area (Å²) >= 11 is 0. The van der Waals surface area contributed by atoms with E-state index in [1.807, 2.05) is 17.9 Å². The first kappa shape index (κ1) is 13.8. The Labute approximate surface area is 114 Å². The molecule has 1 aromatic heterocycles. The molecule has 104 valence electrons. The minimum Gasteiger partial charge on any atom is -0.384 e. The SMILES string of the molecule is CCNc1cc(C(=O)N2CCC(COC)C2)ccn1. The van der Waals surface area contributed by atoms with E-state index in [4.69, 9.17) is 4.74 Å². The third kappa shape index (κ3) is 3.44. The molecule has 0 radical (unpaired) electrons. The van der Waals surface area contributed by atoms with Crippen LogP contribution in [-0.2, 0) is 4.74 Å². The van der Waals surface area contributed by atoms with Crippen LogP contribution < -0.4 is 5.32 Å². The van der Waals surface area contributed by atoms with Gasteiger partial charge in [-0.15, -0.1) is 0 Å². The van der Waals surface area contributed by atoms with Crippen LogP contribution in [0.4, 0.5) is 5.82 Å². The fraction of sp³-hybridized carbons (Fsp3) is 0.571. The predicted molar refractivity (Wildman–Crippen MR) is 74.3 cm³/mol. The lowest BCUT2D eigenvalue weighted by molar-refractivity contribution is 0.0775. The summed E-state index contributed by atoms with van der Waals surface area (Å²) < 4.78 is 5.15. The highest BCUT2D eigenvalue weighted by atomic mass is 16.5. The maximum Gasteiger partial charge on any atom is 0.254 e. The zero-order valence-corrected chi connectivity index (χ0v) is 11.6. The molecule has 0 bridgehead atoms. The zero-order chi connectivity index (χ0) is 13.7. The summed E-state index contributed by atoms with van der Waals surface area (Å²) in [5.41, 5.74) is 0.698. The number of rotatable bonds is 5. The summed E-state index contributed by atoms with van der Waals surface area (Å²) in [5, 5.41) is 3.12. The molecule has 5 nitrogen and oxygen atoms in total. The monoisotopic (exact) mass is 263 g/mol. The first-order valence-electron chi connectivity index (χ1n) is 6.72. The number of methoxy groups -OCH3 is 1. The number of nitrogens with one attached hydrogen (secondary N) is 1. The summed E-state index contributed by atoms with van der Waals surface area (Å²) in [6, 6.07) is 3.59. The molecule has 1 amide bonds. The van der Waals surface area contributed by atoms with Gasteiger partial charge in [0.15, 0.2) is 0 Å². The summed E-state index contributed by atoms with van der Waals surface area (Å²) in [7, 11) is 1.70. The molecule has 1 aromatic rings. The van der Waals surface area contributed by atoms with Crippen molar-refractivity contribution in [2.45, 2.75) is 13.3 Å². The van der Waals surface area contributed by atoms with Crippen LogP contribution in [0.1, 0.15) is 23.7 Å². The molecule has 1 aliphatic rings. The highest BCUT2D eigenvalue weighted by molar-refractivity contribution is 5.95. The summed E-state index contributed by atoms with van der Waals surface area (Å²) in [6.07, 6.45) is 2.69. The van der Waals surface area contributed by atoms with Gasteiger partial charge in [-0.25, -0.2) is 4.98 Å². The van der Waals surface area contributed by atoms with Gasteiger partial charge in [0.2, 0.25) is 0 Å². The molecule has 5 heteroatoms. The summed E-state index contributed by atoms with van der Waals surface area (Å²) in [4.78, 5) is 18.5. The number of nitrogens with zero attached hydrogens (tertiary/aromatic N) is 2. The van der Waals surface area contributed by atoms with Crippen molar-refractivity contribution in [1.29, 1.82) is 0 Å². The standard InChI is InChI=1S/C14H21N3O2/c1-3-15-13-8-12(4-6-16-13)14(18)17-7-5-11(9-17)10-19-2/h4,6,8,11H,3,5,7,9-10H2,1-2H3,(H,15,16). The van der Waals surface area contributed by atoms with Crippen molar-refractivity contribution in [3.63, 3.8) is 0 Å². The second-order valence-electron chi connectivity index (χ2n) is 4.82. The van der Waals surface area contributed by atoms with E-state index in [0.29, 0.717) is 11.5 Å². The van der Waals surface area contributed by atoms with E-state index in [-0.39, 0.29) is 5.91 Å². The molecule has 0 spiro atoms. The number of anilines is 1. The number of hydrogen-bond acceptors (Lipinski definition) is 4. The number of carbonyl (C=O) groups is 1. The van der Waals surface area contributed by atoms with Gasteiger partial charge in [0, 0.05) is 44.4 Å². The van der Waals surface area contributed by atoms with E-state index in [9.17, 15) is 4.79 Å². The second kappa shape index (κ2) is 6.52. The number of amides is 1. The minimum atomic E-state index is 0.0835. The first-order chi connectivity index (χ1) is 9.24. The Morgan fingerprint density at radius 3 is 3.21 bits per heavy atom. The fourth-order valence-electron chi connectivity index (χ4n) is 2.41. The number of hydrogen-bond donors (Lipinski definition) is 1. The van der Waals surface area contributed by atoms with Crippen molar-refractivity contribution in [3.8, 4) is 0 Å². The quantitative estimate of drug-likeness (QED) is 0.877. The van der Waals surface area contributed by atoms with Gasteiger partial charge in [0.1, 0.15) is 5.82 Å². The van der Waals surface area contributed by atoms with E-state index in [1.54, 1.807) is 19.4 Å². The van der Waals surface area contributed by atoms with E-state index >= 15 is 0 Å².